The molecule has 1 aromatic rings. The average Bonchev–Trinajstić information content (AvgIpc) is 2.18. The highest BCUT2D eigenvalue weighted by Gasteiger charge is 2.20. The van der Waals surface area contributed by atoms with Crippen LogP contribution in [0.4, 0.5) is 0 Å². The van der Waals surface area contributed by atoms with Gasteiger partial charge < -0.3 is 5.73 Å². The molecule has 72 valence electrons. The second-order valence-electron chi connectivity index (χ2n) is 3.79. The van der Waals surface area contributed by atoms with Crippen molar-refractivity contribution in [2.24, 2.45) is 5.73 Å². The molecule has 0 aromatic heterocycles. The highest BCUT2D eigenvalue weighted by Crippen LogP contribution is 2.30. The van der Waals surface area contributed by atoms with Gasteiger partial charge in [-0.3, -0.25) is 0 Å². The highest BCUT2D eigenvalue weighted by molar-refractivity contribution is 7.98. The van der Waals surface area contributed by atoms with Crippen LogP contribution in [0.2, 0.25) is 0 Å². The normalized spacial score (nSPS) is 11.7. The van der Waals surface area contributed by atoms with E-state index in [4.69, 9.17) is 5.73 Å². The van der Waals surface area contributed by atoms with Crippen LogP contribution in [0, 0.1) is 0 Å². The Morgan fingerprint density at radius 1 is 1.31 bits per heavy atom. The molecule has 13 heavy (non-hydrogen) atoms. The molecule has 1 nitrogen and oxygen atoms in total. The SMILES string of the molecule is CSc1ccccc1C(C)(C)CN. The maximum Gasteiger partial charge on any atom is 0.0107 e. The molecule has 0 bridgehead atoms. The Morgan fingerprint density at radius 2 is 1.92 bits per heavy atom. The van der Waals surface area contributed by atoms with Crippen molar-refractivity contribution in [3.8, 4) is 0 Å². The van der Waals surface area contributed by atoms with Crippen molar-refractivity contribution >= 4 is 11.8 Å². The smallest absolute Gasteiger partial charge is 0.0107 e. The molecule has 0 heterocycles. The van der Waals surface area contributed by atoms with Gasteiger partial charge in [0.25, 0.3) is 0 Å². The molecule has 2 N–H and O–H groups in total. The van der Waals surface area contributed by atoms with Gasteiger partial charge in [-0.05, 0) is 17.9 Å². The Labute approximate surface area is 84.7 Å². The van der Waals surface area contributed by atoms with Crippen LogP contribution in [0.3, 0.4) is 0 Å². The van der Waals surface area contributed by atoms with Gasteiger partial charge in [0.15, 0.2) is 0 Å². The summed E-state index contributed by atoms with van der Waals surface area (Å²) >= 11 is 1.78. The number of thioether (sulfide) groups is 1. The minimum atomic E-state index is 0.0829. The Balaban J connectivity index is 3.12. The van der Waals surface area contributed by atoms with E-state index in [9.17, 15) is 0 Å². The van der Waals surface area contributed by atoms with E-state index in [1.807, 2.05) is 0 Å². The first kappa shape index (κ1) is 10.6. The lowest BCUT2D eigenvalue weighted by Crippen LogP contribution is -2.28. The first-order valence-electron chi connectivity index (χ1n) is 4.45. The molecule has 0 aliphatic carbocycles. The van der Waals surface area contributed by atoms with Crippen LogP contribution in [0.1, 0.15) is 19.4 Å². The fourth-order valence-corrected chi connectivity index (χ4v) is 2.09. The fourth-order valence-electron chi connectivity index (χ4n) is 1.31. The van der Waals surface area contributed by atoms with Gasteiger partial charge in [0.2, 0.25) is 0 Å². The molecule has 0 spiro atoms. The largest absolute Gasteiger partial charge is 0.330 e. The van der Waals surface area contributed by atoms with Crippen LogP contribution in [-0.4, -0.2) is 12.8 Å². The van der Waals surface area contributed by atoms with E-state index in [2.05, 4.69) is 44.4 Å². The molecule has 1 aromatic carbocycles. The molecule has 2 heteroatoms. The van der Waals surface area contributed by atoms with Crippen LogP contribution in [-0.2, 0) is 5.41 Å². The summed E-state index contributed by atoms with van der Waals surface area (Å²) in [6, 6.07) is 8.46. The molecular formula is C11H17NS. The van der Waals surface area contributed by atoms with E-state index in [-0.39, 0.29) is 5.41 Å². The molecule has 0 radical (unpaired) electrons. The zero-order valence-electron chi connectivity index (χ0n) is 8.50. The number of hydrogen-bond acceptors (Lipinski definition) is 2. The Hall–Kier alpha value is -0.470. The van der Waals surface area contributed by atoms with E-state index >= 15 is 0 Å². The number of benzene rings is 1. The first-order chi connectivity index (χ1) is 6.11. The van der Waals surface area contributed by atoms with Crippen molar-refractivity contribution in [1.29, 1.82) is 0 Å². The van der Waals surface area contributed by atoms with Crippen molar-refractivity contribution in [2.45, 2.75) is 24.2 Å². The lowest BCUT2D eigenvalue weighted by atomic mass is 9.85. The van der Waals surface area contributed by atoms with Crippen molar-refractivity contribution in [3.63, 3.8) is 0 Å². The summed E-state index contributed by atoms with van der Waals surface area (Å²) in [5.41, 5.74) is 7.19. The fraction of sp³-hybridized carbons (Fsp3) is 0.455. The van der Waals surface area contributed by atoms with Gasteiger partial charge in [0, 0.05) is 16.9 Å². The van der Waals surface area contributed by atoms with Gasteiger partial charge in [-0.25, -0.2) is 0 Å². The molecule has 0 amide bonds. The summed E-state index contributed by atoms with van der Waals surface area (Å²) in [5, 5.41) is 0. The predicted molar refractivity (Wildman–Crippen MR) is 60.3 cm³/mol. The third kappa shape index (κ3) is 2.26. The lowest BCUT2D eigenvalue weighted by molar-refractivity contribution is 0.529. The minimum Gasteiger partial charge on any atom is -0.330 e. The summed E-state index contributed by atoms with van der Waals surface area (Å²) in [7, 11) is 0. The third-order valence-electron chi connectivity index (χ3n) is 2.35. The monoisotopic (exact) mass is 195 g/mol. The van der Waals surface area contributed by atoms with E-state index in [1.54, 1.807) is 11.8 Å². The van der Waals surface area contributed by atoms with Crippen molar-refractivity contribution in [2.75, 3.05) is 12.8 Å². The van der Waals surface area contributed by atoms with Crippen LogP contribution in [0.5, 0.6) is 0 Å². The van der Waals surface area contributed by atoms with Crippen molar-refractivity contribution < 1.29 is 0 Å². The predicted octanol–water partition coefficient (Wildman–Crippen LogP) is 2.64. The van der Waals surface area contributed by atoms with Crippen LogP contribution >= 0.6 is 11.8 Å². The number of rotatable bonds is 3. The van der Waals surface area contributed by atoms with Gasteiger partial charge in [-0.2, -0.15) is 0 Å². The van der Waals surface area contributed by atoms with E-state index < -0.39 is 0 Å². The molecule has 0 saturated heterocycles. The molecule has 0 fully saturated rings. The zero-order chi connectivity index (χ0) is 9.90. The summed E-state index contributed by atoms with van der Waals surface area (Å²) < 4.78 is 0. The van der Waals surface area contributed by atoms with Crippen LogP contribution < -0.4 is 5.73 Å². The first-order valence-corrected chi connectivity index (χ1v) is 5.68. The summed E-state index contributed by atoms with van der Waals surface area (Å²) in [5.74, 6) is 0. The second kappa shape index (κ2) is 4.16. The van der Waals surface area contributed by atoms with E-state index in [1.165, 1.54) is 10.5 Å². The van der Waals surface area contributed by atoms with Crippen LogP contribution in [0.15, 0.2) is 29.2 Å². The Morgan fingerprint density at radius 3 is 2.46 bits per heavy atom. The van der Waals surface area contributed by atoms with Gasteiger partial charge in [0.05, 0.1) is 0 Å². The molecule has 0 aliphatic heterocycles. The van der Waals surface area contributed by atoms with Crippen molar-refractivity contribution in [3.05, 3.63) is 29.8 Å². The molecule has 0 aliphatic rings. The summed E-state index contributed by atoms with van der Waals surface area (Å²) in [6.07, 6.45) is 2.10. The van der Waals surface area contributed by atoms with Crippen molar-refractivity contribution in [1.82, 2.24) is 0 Å². The summed E-state index contributed by atoms with van der Waals surface area (Å²) in [4.78, 5) is 1.33. The Bertz CT molecular complexity index is 281. The van der Waals surface area contributed by atoms with Gasteiger partial charge in [-0.1, -0.05) is 32.0 Å². The second-order valence-corrected chi connectivity index (χ2v) is 4.64. The van der Waals surface area contributed by atoms with E-state index in [0.29, 0.717) is 6.54 Å². The topological polar surface area (TPSA) is 26.0 Å². The van der Waals surface area contributed by atoms with Gasteiger partial charge in [-0.15, -0.1) is 11.8 Å². The minimum absolute atomic E-state index is 0.0829. The molecule has 1 rings (SSSR count). The molecule has 0 saturated carbocycles. The number of hydrogen-bond donors (Lipinski definition) is 1. The lowest BCUT2D eigenvalue weighted by Gasteiger charge is -2.25. The third-order valence-corrected chi connectivity index (χ3v) is 3.14. The average molecular weight is 195 g/mol. The summed E-state index contributed by atoms with van der Waals surface area (Å²) in [6.45, 7) is 5.05. The zero-order valence-corrected chi connectivity index (χ0v) is 9.32. The highest BCUT2D eigenvalue weighted by atomic mass is 32.2. The molecular weight excluding hydrogens is 178 g/mol. The maximum atomic E-state index is 5.75. The molecule has 0 atom stereocenters. The Kier molecular flexibility index (Phi) is 3.40. The van der Waals surface area contributed by atoms with Gasteiger partial charge in [0.1, 0.15) is 0 Å². The van der Waals surface area contributed by atoms with Gasteiger partial charge >= 0.3 is 0 Å². The van der Waals surface area contributed by atoms with Crippen LogP contribution in [0.25, 0.3) is 0 Å². The molecule has 0 unspecified atom stereocenters. The number of nitrogens with two attached hydrogens (primary N) is 1. The maximum absolute atomic E-state index is 5.75. The van der Waals surface area contributed by atoms with E-state index in [0.717, 1.165) is 0 Å². The quantitative estimate of drug-likeness (QED) is 0.750. The standard InChI is InChI=1S/C11H17NS/c1-11(2,8-12)9-6-4-5-7-10(9)13-3/h4-7H,8,12H2,1-3H3.